The molecule has 2 aliphatic heterocycles. The van der Waals surface area contributed by atoms with Gasteiger partial charge < -0.3 is 10.1 Å². The van der Waals surface area contributed by atoms with Crippen LogP contribution >= 0.6 is 0 Å². The highest BCUT2D eigenvalue weighted by Crippen LogP contribution is 2.35. The number of fused-ring (bicyclic) bond motifs is 3. The standard InChI is InChI=1S/C13H17NO/c1-2-9-4-3-5-10-11-6-14-7-13(11)15-8-12(9)10/h3-5,11,13-14H,2,6-8H2,1H3/t11-,13-/m1/s1. The largest absolute Gasteiger partial charge is 0.372 e. The smallest absolute Gasteiger partial charge is 0.0784 e. The second-order valence-electron chi connectivity index (χ2n) is 4.45. The Hall–Kier alpha value is -0.860. The van der Waals surface area contributed by atoms with Crippen molar-refractivity contribution >= 4 is 0 Å². The number of nitrogens with one attached hydrogen (secondary N) is 1. The van der Waals surface area contributed by atoms with Gasteiger partial charge in [0, 0.05) is 19.0 Å². The second-order valence-corrected chi connectivity index (χ2v) is 4.45. The van der Waals surface area contributed by atoms with Crippen molar-refractivity contribution in [2.75, 3.05) is 13.1 Å². The van der Waals surface area contributed by atoms with Crippen molar-refractivity contribution in [2.24, 2.45) is 0 Å². The summed E-state index contributed by atoms with van der Waals surface area (Å²) in [6.45, 7) is 5.11. The molecule has 1 fully saturated rings. The molecule has 0 aliphatic carbocycles. The van der Waals surface area contributed by atoms with E-state index in [2.05, 4.69) is 30.4 Å². The minimum Gasteiger partial charge on any atom is -0.372 e. The highest BCUT2D eigenvalue weighted by Gasteiger charge is 2.34. The first kappa shape index (κ1) is 9.37. The van der Waals surface area contributed by atoms with E-state index < -0.39 is 0 Å². The molecule has 2 aliphatic rings. The van der Waals surface area contributed by atoms with Crippen molar-refractivity contribution in [3.05, 3.63) is 34.9 Å². The van der Waals surface area contributed by atoms with Crippen molar-refractivity contribution in [1.29, 1.82) is 0 Å². The molecule has 80 valence electrons. The third kappa shape index (κ3) is 1.40. The molecule has 0 radical (unpaired) electrons. The average Bonchev–Trinajstić information content (AvgIpc) is 2.76. The maximum Gasteiger partial charge on any atom is 0.0784 e. The first-order valence-corrected chi connectivity index (χ1v) is 5.83. The van der Waals surface area contributed by atoms with Crippen LogP contribution in [0.1, 0.15) is 29.5 Å². The molecule has 0 aromatic heterocycles. The molecular formula is C13H17NO. The third-order valence-corrected chi connectivity index (χ3v) is 3.69. The average molecular weight is 203 g/mol. The number of aryl methyl sites for hydroxylation is 1. The lowest BCUT2D eigenvalue weighted by molar-refractivity contribution is 0.0294. The van der Waals surface area contributed by atoms with Crippen molar-refractivity contribution in [3.8, 4) is 0 Å². The van der Waals surface area contributed by atoms with Crippen molar-refractivity contribution in [2.45, 2.75) is 32.0 Å². The summed E-state index contributed by atoms with van der Waals surface area (Å²) < 4.78 is 5.91. The van der Waals surface area contributed by atoms with Gasteiger partial charge in [-0.25, -0.2) is 0 Å². The quantitative estimate of drug-likeness (QED) is 0.752. The Morgan fingerprint density at radius 3 is 3.20 bits per heavy atom. The summed E-state index contributed by atoms with van der Waals surface area (Å²) in [6.07, 6.45) is 1.52. The van der Waals surface area contributed by atoms with Gasteiger partial charge >= 0.3 is 0 Å². The third-order valence-electron chi connectivity index (χ3n) is 3.69. The second kappa shape index (κ2) is 3.62. The molecule has 0 amide bonds. The minimum atomic E-state index is 0.407. The molecule has 3 rings (SSSR count). The molecule has 1 saturated heterocycles. The van der Waals surface area contributed by atoms with E-state index in [9.17, 15) is 0 Å². The highest BCUT2D eigenvalue weighted by molar-refractivity contribution is 5.40. The van der Waals surface area contributed by atoms with Crippen molar-refractivity contribution < 1.29 is 4.74 Å². The summed E-state index contributed by atoms with van der Waals surface area (Å²) in [7, 11) is 0. The van der Waals surface area contributed by atoms with E-state index in [0.29, 0.717) is 12.0 Å². The van der Waals surface area contributed by atoms with Gasteiger partial charge in [-0.3, -0.25) is 0 Å². The number of hydrogen-bond acceptors (Lipinski definition) is 2. The van der Waals surface area contributed by atoms with Crippen LogP contribution in [0.3, 0.4) is 0 Å². The predicted molar refractivity (Wildman–Crippen MR) is 60.0 cm³/mol. The molecule has 0 unspecified atom stereocenters. The zero-order valence-corrected chi connectivity index (χ0v) is 9.12. The zero-order valence-electron chi connectivity index (χ0n) is 9.12. The van der Waals surface area contributed by atoms with E-state index in [-0.39, 0.29) is 0 Å². The van der Waals surface area contributed by atoms with Gasteiger partial charge in [-0.15, -0.1) is 0 Å². The predicted octanol–water partition coefficient (Wildman–Crippen LogP) is 1.83. The fourth-order valence-electron chi connectivity index (χ4n) is 2.84. The van der Waals surface area contributed by atoms with Crippen molar-refractivity contribution in [1.82, 2.24) is 5.32 Å². The molecule has 15 heavy (non-hydrogen) atoms. The van der Waals surface area contributed by atoms with E-state index in [1.54, 1.807) is 0 Å². The minimum absolute atomic E-state index is 0.407. The fraction of sp³-hybridized carbons (Fsp3) is 0.538. The van der Waals surface area contributed by atoms with Gasteiger partial charge in [-0.1, -0.05) is 25.1 Å². The Morgan fingerprint density at radius 2 is 2.33 bits per heavy atom. The molecule has 1 aromatic carbocycles. The number of rotatable bonds is 1. The summed E-state index contributed by atoms with van der Waals surface area (Å²) in [4.78, 5) is 0. The van der Waals surface area contributed by atoms with E-state index >= 15 is 0 Å². The molecule has 1 aromatic rings. The molecule has 2 atom stereocenters. The summed E-state index contributed by atoms with van der Waals surface area (Å²) in [5.74, 6) is 0.584. The lowest BCUT2D eigenvalue weighted by Gasteiger charge is -2.29. The van der Waals surface area contributed by atoms with Gasteiger partial charge in [-0.05, 0) is 23.1 Å². The van der Waals surface area contributed by atoms with E-state index in [4.69, 9.17) is 4.74 Å². The molecule has 2 heterocycles. The molecular weight excluding hydrogens is 186 g/mol. The SMILES string of the molecule is CCc1cccc2c1CO[C@@H]1CNC[C@H]21. The molecule has 2 heteroatoms. The van der Waals surface area contributed by atoms with Crippen LogP contribution in [-0.4, -0.2) is 19.2 Å². The molecule has 0 saturated carbocycles. The number of hydrogen-bond donors (Lipinski definition) is 1. The van der Waals surface area contributed by atoms with E-state index in [1.165, 1.54) is 16.7 Å². The van der Waals surface area contributed by atoms with Crippen LogP contribution in [0.15, 0.2) is 18.2 Å². The van der Waals surface area contributed by atoms with Crippen LogP contribution in [0.4, 0.5) is 0 Å². The van der Waals surface area contributed by atoms with Crippen molar-refractivity contribution in [3.63, 3.8) is 0 Å². The fourth-order valence-corrected chi connectivity index (χ4v) is 2.84. The summed E-state index contributed by atoms with van der Waals surface area (Å²) in [5.41, 5.74) is 4.43. The van der Waals surface area contributed by atoms with Crippen LogP contribution in [0.25, 0.3) is 0 Å². The summed E-state index contributed by atoms with van der Waals surface area (Å²) in [6, 6.07) is 6.70. The van der Waals surface area contributed by atoms with Crippen LogP contribution < -0.4 is 5.32 Å². The van der Waals surface area contributed by atoms with Crippen LogP contribution in [0, 0.1) is 0 Å². The lowest BCUT2D eigenvalue weighted by atomic mass is 9.87. The first-order valence-electron chi connectivity index (χ1n) is 5.83. The van der Waals surface area contributed by atoms with Crippen LogP contribution in [0.5, 0.6) is 0 Å². The normalized spacial score (nSPS) is 28.6. The van der Waals surface area contributed by atoms with Gasteiger partial charge in [-0.2, -0.15) is 0 Å². The van der Waals surface area contributed by atoms with Gasteiger partial charge in [0.2, 0.25) is 0 Å². The Kier molecular flexibility index (Phi) is 2.26. The molecule has 1 N–H and O–H groups in total. The topological polar surface area (TPSA) is 21.3 Å². The lowest BCUT2D eigenvalue weighted by Crippen LogP contribution is -2.27. The van der Waals surface area contributed by atoms with Gasteiger partial charge in [0.05, 0.1) is 12.7 Å². The van der Waals surface area contributed by atoms with E-state index in [1.807, 2.05) is 0 Å². The Labute approximate surface area is 90.6 Å². The highest BCUT2D eigenvalue weighted by atomic mass is 16.5. The summed E-state index contributed by atoms with van der Waals surface area (Å²) >= 11 is 0. The van der Waals surface area contributed by atoms with Crippen LogP contribution in [0.2, 0.25) is 0 Å². The first-order chi connectivity index (χ1) is 7.40. The molecule has 0 spiro atoms. The maximum atomic E-state index is 5.91. The maximum absolute atomic E-state index is 5.91. The molecule has 0 bridgehead atoms. The van der Waals surface area contributed by atoms with Gasteiger partial charge in [0.15, 0.2) is 0 Å². The van der Waals surface area contributed by atoms with Gasteiger partial charge in [0.1, 0.15) is 0 Å². The summed E-state index contributed by atoms with van der Waals surface area (Å²) in [5, 5.41) is 3.42. The van der Waals surface area contributed by atoms with Gasteiger partial charge in [0.25, 0.3) is 0 Å². The van der Waals surface area contributed by atoms with E-state index in [0.717, 1.165) is 26.1 Å². The number of ether oxygens (including phenoxy) is 1. The number of benzene rings is 1. The molecule has 2 nitrogen and oxygen atoms in total. The Bertz CT molecular complexity index is 375. The Morgan fingerprint density at radius 1 is 1.40 bits per heavy atom. The van der Waals surface area contributed by atoms with Crippen LogP contribution in [-0.2, 0) is 17.8 Å². The Balaban J connectivity index is 2.07. The monoisotopic (exact) mass is 203 g/mol. The zero-order chi connectivity index (χ0) is 10.3.